The molecule has 3 aromatic rings. The van der Waals surface area contributed by atoms with Crippen LogP contribution in [0.1, 0.15) is 18.4 Å². The van der Waals surface area contributed by atoms with E-state index in [1.54, 1.807) is 6.20 Å². The number of benzene rings is 2. The molecule has 1 aliphatic heterocycles. The van der Waals surface area contributed by atoms with Gasteiger partial charge >= 0.3 is 5.69 Å². The van der Waals surface area contributed by atoms with Gasteiger partial charge in [0.15, 0.2) is 0 Å². The van der Waals surface area contributed by atoms with Crippen molar-refractivity contribution in [2.24, 2.45) is 0 Å². The average Bonchev–Trinajstić information content (AvgIpc) is 3.12. The van der Waals surface area contributed by atoms with Crippen LogP contribution in [0.2, 0.25) is 0 Å². The molecule has 1 saturated heterocycles. The van der Waals surface area contributed by atoms with Gasteiger partial charge in [0.2, 0.25) is 0 Å². The molecule has 0 unspecified atom stereocenters. The van der Waals surface area contributed by atoms with Crippen LogP contribution < -0.4 is 0 Å². The summed E-state index contributed by atoms with van der Waals surface area (Å²) in [5.74, 6) is 0. The van der Waals surface area contributed by atoms with E-state index in [-0.39, 0.29) is 10.6 Å². The highest BCUT2D eigenvalue weighted by molar-refractivity contribution is 6.09. The fourth-order valence-electron chi connectivity index (χ4n) is 3.33. The van der Waals surface area contributed by atoms with E-state index in [2.05, 4.69) is 9.88 Å². The lowest BCUT2D eigenvalue weighted by Gasteiger charge is -2.10. The summed E-state index contributed by atoms with van der Waals surface area (Å²) in [5, 5.41) is 14.5. The van der Waals surface area contributed by atoms with Crippen LogP contribution in [-0.2, 0) is 0 Å². The van der Waals surface area contributed by atoms with Gasteiger partial charge in [-0.25, -0.2) is 4.98 Å². The van der Waals surface area contributed by atoms with Gasteiger partial charge in [-0.3, -0.25) is 10.1 Å². The molecule has 0 N–H and O–H groups in total. The molecular weight excluding hydrogens is 302 g/mol. The molecule has 5 nitrogen and oxygen atoms in total. The quantitative estimate of drug-likeness (QED) is 0.409. The number of pyridine rings is 1. The Morgan fingerprint density at radius 3 is 2.67 bits per heavy atom. The van der Waals surface area contributed by atoms with E-state index in [1.807, 2.05) is 48.7 Å². The number of hydrogen-bond donors (Lipinski definition) is 0. The summed E-state index contributed by atoms with van der Waals surface area (Å²) in [7, 11) is 0. The number of nitro groups is 1. The first-order valence-electron chi connectivity index (χ1n) is 8.11. The monoisotopic (exact) mass is 319 g/mol. The summed E-state index contributed by atoms with van der Waals surface area (Å²) in [6.07, 6.45) is 7.86. The van der Waals surface area contributed by atoms with Crippen LogP contribution in [0.3, 0.4) is 0 Å². The van der Waals surface area contributed by atoms with Gasteiger partial charge in [-0.1, -0.05) is 30.3 Å². The van der Waals surface area contributed by atoms with Gasteiger partial charge in [0.1, 0.15) is 5.52 Å². The second kappa shape index (κ2) is 5.92. The molecule has 2 heterocycles. The zero-order valence-electron chi connectivity index (χ0n) is 13.2. The predicted molar refractivity (Wildman–Crippen MR) is 95.7 cm³/mol. The maximum absolute atomic E-state index is 11.7. The lowest BCUT2D eigenvalue weighted by Crippen LogP contribution is -2.10. The molecule has 24 heavy (non-hydrogen) atoms. The number of rotatable bonds is 3. The van der Waals surface area contributed by atoms with Crippen molar-refractivity contribution in [2.45, 2.75) is 12.8 Å². The number of aromatic nitrogens is 1. The fraction of sp³-hybridized carbons (Fsp3) is 0.211. The minimum atomic E-state index is -0.326. The van der Waals surface area contributed by atoms with Gasteiger partial charge in [-0.2, -0.15) is 0 Å². The highest BCUT2D eigenvalue weighted by atomic mass is 16.6. The summed E-state index contributed by atoms with van der Waals surface area (Å²) in [6, 6.07) is 11.6. The Kier molecular flexibility index (Phi) is 3.61. The van der Waals surface area contributed by atoms with Crippen molar-refractivity contribution in [3.63, 3.8) is 0 Å². The molecule has 0 atom stereocenters. The minimum Gasteiger partial charge on any atom is -0.377 e. The largest absolute Gasteiger partial charge is 0.377 e. The zero-order valence-corrected chi connectivity index (χ0v) is 13.2. The maximum Gasteiger partial charge on any atom is 0.302 e. The van der Waals surface area contributed by atoms with Crippen molar-refractivity contribution in [3.05, 3.63) is 64.5 Å². The summed E-state index contributed by atoms with van der Waals surface area (Å²) >= 11 is 0. The summed E-state index contributed by atoms with van der Waals surface area (Å²) < 4.78 is 0. The standard InChI is InChI=1S/C19H17N3O2/c23-22(24)19-14(9-12-21-10-3-4-11-21)7-8-17-16-6-2-1-5-15(16)13-20-18(17)19/h1-2,5-9,12-13H,3-4,10-11H2. The minimum absolute atomic E-state index is 0.0775. The van der Waals surface area contributed by atoms with Crippen molar-refractivity contribution < 1.29 is 4.92 Å². The molecule has 4 rings (SSSR count). The van der Waals surface area contributed by atoms with Gasteiger partial charge in [0.05, 0.1) is 10.5 Å². The van der Waals surface area contributed by atoms with Crippen LogP contribution in [0.15, 0.2) is 48.8 Å². The summed E-state index contributed by atoms with van der Waals surface area (Å²) in [6.45, 7) is 2.03. The molecule has 0 amide bonds. The molecule has 120 valence electrons. The molecule has 0 spiro atoms. The number of likely N-dealkylation sites (tertiary alicyclic amines) is 1. The van der Waals surface area contributed by atoms with Crippen LogP contribution in [-0.4, -0.2) is 27.9 Å². The van der Waals surface area contributed by atoms with E-state index >= 15 is 0 Å². The highest BCUT2D eigenvalue weighted by Crippen LogP contribution is 2.33. The molecule has 0 bridgehead atoms. The van der Waals surface area contributed by atoms with Gasteiger partial charge in [-0.15, -0.1) is 0 Å². The molecule has 0 saturated carbocycles. The Labute approximate surface area is 139 Å². The van der Waals surface area contributed by atoms with Crippen LogP contribution >= 0.6 is 0 Å². The Morgan fingerprint density at radius 2 is 1.88 bits per heavy atom. The lowest BCUT2D eigenvalue weighted by molar-refractivity contribution is -0.383. The molecular formula is C19H17N3O2. The van der Waals surface area contributed by atoms with E-state index in [1.165, 1.54) is 12.8 Å². The van der Waals surface area contributed by atoms with E-state index in [4.69, 9.17) is 0 Å². The van der Waals surface area contributed by atoms with Crippen LogP contribution in [0.4, 0.5) is 5.69 Å². The number of nitrogens with zero attached hydrogens (tertiary/aromatic N) is 3. The summed E-state index contributed by atoms with van der Waals surface area (Å²) in [4.78, 5) is 17.9. The van der Waals surface area contributed by atoms with E-state index in [9.17, 15) is 10.1 Å². The van der Waals surface area contributed by atoms with Crippen LogP contribution in [0.25, 0.3) is 27.8 Å². The Morgan fingerprint density at radius 1 is 1.08 bits per heavy atom. The number of fused-ring (bicyclic) bond motifs is 3. The van der Waals surface area contributed by atoms with Gasteiger partial charge < -0.3 is 4.90 Å². The van der Waals surface area contributed by atoms with Gasteiger partial charge in [-0.05, 0) is 36.6 Å². The second-order valence-electron chi connectivity index (χ2n) is 6.06. The number of hydrogen-bond acceptors (Lipinski definition) is 4. The maximum atomic E-state index is 11.7. The zero-order chi connectivity index (χ0) is 16.5. The average molecular weight is 319 g/mol. The van der Waals surface area contributed by atoms with Crippen molar-refractivity contribution >= 4 is 33.4 Å². The van der Waals surface area contributed by atoms with Crippen molar-refractivity contribution in [1.82, 2.24) is 9.88 Å². The Bertz CT molecular complexity index is 959. The fourth-order valence-corrected chi connectivity index (χ4v) is 3.33. The normalized spacial score (nSPS) is 14.9. The predicted octanol–water partition coefficient (Wildman–Crippen LogP) is 4.36. The third kappa shape index (κ3) is 2.48. The van der Waals surface area contributed by atoms with Gasteiger partial charge in [0.25, 0.3) is 0 Å². The molecule has 5 heteroatoms. The van der Waals surface area contributed by atoms with Crippen LogP contribution in [0, 0.1) is 10.1 Å². The molecule has 0 radical (unpaired) electrons. The first-order chi connectivity index (χ1) is 11.7. The Balaban J connectivity index is 1.90. The lowest BCUT2D eigenvalue weighted by atomic mass is 10.0. The summed E-state index contributed by atoms with van der Waals surface area (Å²) in [5.41, 5.74) is 1.12. The smallest absolute Gasteiger partial charge is 0.302 e. The Hall–Kier alpha value is -2.95. The van der Waals surface area contributed by atoms with E-state index in [0.717, 1.165) is 29.2 Å². The molecule has 1 aliphatic rings. The van der Waals surface area contributed by atoms with Crippen LogP contribution in [0.5, 0.6) is 0 Å². The topological polar surface area (TPSA) is 59.3 Å². The third-order valence-corrected chi connectivity index (χ3v) is 4.55. The SMILES string of the molecule is O=[N+]([O-])c1c(C=CN2CCCC2)ccc2c1ncc1ccccc12. The van der Waals surface area contributed by atoms with Crippen molar-refractivity contribution in [3.8, 4) is 0 Å². The third-order valence-electron chi connectivity index (χ3n) is 4.55. The van der Waals surface area contributed by atoms with E-state index < -0.39 is 0 Å². The first-order valence-corrected chi connectivity index (χ1v) is 8.11. The first kappa shape index (κ1) is 14.6. The van der Waals surface area contributed by atoms with E-state index in [0.29, 0.717) is 11.1 Å². The molecule has 2 aromatic carbocycles. The van der Waals surface area contributed by atoms with Gasteiger partial charge in [0, 0.05) is 30.1 Å². The molecule has 1 aromatic heterocycles. The van der Waals surface area contributed by atoms with Crippen molar-refractivity contribution in [2.75, 3.05) is 13.1 Å². The molecule has 0 aliphatic carbocycles. The van der Waals surface area contributed by atoms with Crippen molar-refractivity contribution in [1.29, 1.82) is 0 Å². The number of nitro benzene ring substituents is 1. The second-order valence-corrected chi connectivity index (χ2v) is 6.06. The molecule has 1 fully saturated rings. The highest BCUT2D eigenvalue weighted by Gasteiger charge is 2.19.